The van der Waals surface area contributed by atoms with Crippen molar-refractivity contribution in [2.24, 2.45) is 5.41 Å². The molecule has 8 nitrogen and oxygen atoms in total. The van der Waals surface area contributed by atoms with E-state index in [1.165, 1.54) is 0 Å². The molecule has 1 atom stereocenters. The summed E-state index contributed by atoms with van der Waals surface area (Å²) in [5, 5.41) is 5.51. The summed E-state index contributed by atoms with van der Waals surface area (Å²) in [7, 11) is 1.55. The molecule has 8 heteroatoms. The lowest BCUT2D eigenvalue weighted by Crippen LogP contribution is -2.53. The second-order valence-electron chi connectivity index (χ2n) is 9.73. The number of benzene rings is 2. The fourth-order valence-electron chi connectivity index (χ4n) is 4.31. The fraction of sp³-hybridized carbons (Fsp3) is 0.333. The monoisotopic (exact) mass is 473 g/mol. The maximum absolute atomic E-state index is 13.5. The summed E-state index contributed by atoms with van der Waals surface area (Å²) >= 11 is 0. The first-order valence-electron chi connectivity index (χ1n) is 11.7. The average molecular weight is 474 g/mol. The summed E-state index contributed by atoms with van der Waals surface area (Å²) < 4.78 is 2.00. The van der Waals surface area contributed by atoms with Crippen LogP contribution in [0.5, 0.6) is 0 Å². The lowest BCUT2D eigenvalue weighted by atomic mass is 9.86. The molecular formula is C27H31N5O3. The maximum atomic E-state index is 13.5. The normalized spacial score (nSPS) is 14.1. The van der Waals surface area contributed by atoms with Crippen LogP contribution in [0.1, 0.15) is 47.3 Å². The summed E-state index contributed by atoms with van der Waals surface area (Å²) in [6.07, 6.45) is 0. The van der Waals surface area contributed by atoms with Crippen LogP contribution in [0, 0.1) is 5.41 Å². The highest BCUT2D eigenvalue weighted by Crippen LogP contribution is 2.28. The number of carbonyl (C=O) groups excluding carboxylic acids is 3. The van der Waals surface area contributed by atoms with Crippen molar-refractivity contribution < 1.29 is 14.4 Å². The van der Waals surface area contributed by atoms with Crippen molar-refractivity contribution in [1.82, 2.24) is 25.1 Å². The van der Waals surface area contributed by atoms with Crippen molar-refractivity contribution in [3.63, 3.8) is 0 Å². The average Bonchev–Trinajstić information content (AvgIpc) is 3.25. The van der Waals surface area contributed by atoms with Gasteiger partial charge in [-0.2, -0.15) is 0 Å². The second kappa shape index (κ2) is 9.74. The number of imidazole rings is 1. The van der Waals surface area contributed by atoms with Gasteiger partial charge in [-0.15, -0.1) is 0 Å². The molecule has 0 unspecified atom stereocenters. The third-order valence-corrected chi connectivity index (χ3v) is 6.21. The zero-order valence-corrected chi connectivity index (χ0v) is 20.5. The molecular weight excluding hydrogens is 442 g/mol. The van der Waals surface area contributed by atoms with Crippen molar-refractivity contribution in [1.29, 1.82) is 0 Å². The van der Waals surface area contributed by atoms with Gasteiger partial charge in [-0.1, -0.05) is 69.3 Å². The Kier molecular flexibility index (Phi) is 6.73. The van der Waals surface area contributed by atoms with Gasteiger partial charge in [0.1, 0.15) is 11.9 Å². The summed E-state index contributed by atoms with van der Waals surface area (Å²) in [6.45, 7) is 6.94. The highest BCUT2D eigenvalue weighted by atomic mass is 16.2. The molecule has 182 valence electrons. The van der Waals surface area contributed by atoms with Crippen LogP contribution in [0.4, 0.5) is 0 Å². The number of nitrogens with one attached hydrogen (secondary N) is 2. The SMILES string of the molecule is CNC(=O)[C@@H](NC(=O)c1nc(-c2ccccc2)n2c1CN(C(=O)c1ccccc1)CC2)C(C)(C)C. The molecule has 2 aromatic carbocycles. The van der Waals surface area contributed by atoms with Gasteiger partial charge in [-0.3, -0.25) is 14.4 Å². The number of hydrogen-bond donors (Lipinski definition) is 2. The molecule has 0 spiro atoms. The van der Waals surface area contributed by atoms with Crippen LogP contribution in [-0.2, 0) is 17.9 Å². The molecule has 0 aliphatic carbocycles. The molecule has 4 rings (SSSR count). The Morgan fingerprint density at radius 2 is 1.57 bits per heavy atom. The first kappa shape index (κ1) is 24.2. The number of carbonyl (C=O) groups is 3. The van der Waals surface area contributed by atoms with E-state index in [0.29, 0.717) is 30.2 Å². The van der Waals surface area contributed by atoms with Gasteiger partial charge in [0.15, 0.2) is 5.69 Å². The van der Waals surface area contributed by atoms with Crippen LogP contribution >= 0.6 is 0 Å². The van der Waals surface area contributed by atoms with Crippen molar-refractivity contribution in [3.8, 4) is 11.4 Å². The van der Waals surface area contributed by atoms with Crippen LogP contribution in [0.3, 0.4) is 0 Å². The Bertz CT molecular complexity index is 1230. The molecule has 3 amide bonds. The maximum Gasteiger partial charge on any atom is 0.272 e. The third-order valence-electron chi connectivity index (χ3n) is 6.21. The van der Waals surface area contributed by atoms with Gasteiger partial charge in [0.25, 0.3) is 11.8 Å². The molecule has 2 heterocycles. The number of nitrogens with zero attached hydrogens (tertiary/aromatic N) is 3. The molecule has 0 saturated carbocycles. The fourth-order valence-corrected chi connectivity index (χ4v) is 4.31. The number of hydrogen-bond acceptors (Lipinski definition) is 4. The minimum atomic E-state index is -0.747. The van der Waals surface area contributed by atoms with Crippen LogP contribution < -0.4 is 10.6 Å². The van der Waals surface area contributed by atoms with Crippen molar-refractivity contribution in [2.75, 3.05) is 13.6 Å². The predicted molar refractivity (Wildman–Crippen MR) is 134 cm³/mol. The Balaban J connectivity index is 1.72. The largest absolute Gasteiger partial charge is 0.357 e. The number of rotatable bonds is 5. The summed E-state index contributed by atoms with van der Waals surface area (Å²) in [5.41, 5.74) is 1.86. The Morgan fingerprint density at radius 1 is 0.943 bits per heavy atom. The second-order valence-corrected chi connectivity index (χ2v) is 9.73. The van der Waals surface area contributed by atoms with Gasteiger partial charge in [-0.25, -0.2) is 4.98 Å². The van der Waals surface area contributed by atoms with Gasteiger partial charge in [0.05, 0.1) is 12.2 Å². The highest BCUT2D eigenvalue weighted by molar-refractivity contribution is 5.98. The molecule has 0 saturated heterocycles. The molecule has 2 N–H and O–H groups in total. The van der Waals surface area contributed by atoms with Crippen LogP contribution in [0.15, 0.2) is 60.7 Å². The number of amides is 3. The summed E-state index contributed by atoms with van der Waals surface area (Å²) in [4.78, 5) is 45.7. The van der Waals surface area contributed by atoms with Crippen molar-refractivity contribution in [3.05, 3.63) is 77.6 Å². The quantitative estimate of drug-likeness (QED) is 0.595. The van der Waals surface area contributed by atoms with E-state index >= 15 is 0 Å². The van der Waals surface area contributed by atoms with E-state index in [0.717, 1.165) is 5.56 Å². The van der Waals surface area contributed by atoms with Gasteiger partial charge < -0.3 is 20.1 Å². The summed E-state index contributed by atoms with van der Waals surface area (Å²) in [6, 6.07) is 18.0. The van der Waals surface area contributed by atoms with Crippen LogP contribution in [0.25, 0.3) is 11.4 Å². The highest BCUT2D eigenvalue weighted by Gasteiger charge is 2.35. The van der Waals surface area contributed by atoms with Crippen LogP contribution in [-0.4, -0.2) is 51.8 Å². The topological polar surface area (TPSA) is 96.3 Å². The van der Waals surface area contributed by atoms with Gasteiger partial charge in [0.2, 0.25) is 5.91 Å². The Labute approximate surface area is 205 Å². The van der Waals surface area contributed by atoms with E-state index in [4.69, 9.17) is 4.98 Å². The first-order chi connectivity index (χ1) is 16.7. The zero-order chi connectivity index (χ0) is 25.2. The number of fused-ring (bicyclic) bond motifs is 1. The molecule has 1 aromatic heterocycles. The standard InChI is InChI=1S/C27H31N5O3/c1-27(2,3)22(25(34)28-4)30-24(33)21-20-17-31(26(35)19-13-9-6-10-14-19)15-16-32(20)23(29-21)18-11-7-5-8-12-18/h5-14,22H,15-17H2,1-4H3,(H,28,34)(H,30,33)/t22-/m1/s1. The van der Waals surface area contributed by atoms with E-state index < -0.39 is 17.4 Å². The molecule has 3 aromatic rings. The van der Waals surface area contributed by atoms with Crippen molar-refractivity contribution >= 4 is 17.7 Å². The van der Waals surface area contributed by atoms with E-state index in [9.17, 15) is 14.4 Å². The smallest absolute Gasteiger partial charge is 0.272 e. The summed E-state index contributed by atoms with van der Waals surface area (Å²) in [5.74, 6) is -0.134. The Hall–Kier alpha value is -3.94. The van der Waals surface area contributed by atoms with Gasteiger partial charge in [-0.05, 0) is 17.5 Å². The molecule has 1 aliphatic heterocycles. The minimum absolute atomic E-state index is 0.0939. The van der Waals surface area contributed by atoms with Gasteiger partial charge in [0, 0.05) is 31.3 Å². The molecule has 1 aliphatic rings. The van der Waals surface area contributed by atoms with E-state index in [-0.39, 0.29) is 24.1 Å². The van der Waals surface area contributed by atoms with E-state index in [2.05, 4.69) is 10.6 Å². The van der Waals surface area contributed by atoms with Crippen LogP contribution in [0.2, 0.25) is 0 Å². The Morgan fingerprint density at radius 3 is 2.17 bits per heavy atom. The molecule has 35 heavy (non-hydrogen) atoms. The number of aromatic nitrogens is 2. The lowest BCUT2D eigenvalue weighted by Gasteiger charge is -2.31. The molecule has 0 fully saturated rings. The predicted octanol–water partition coefficient (Wildman–Crippen LogP) is 3.10. The van der Waals surface area contributed by atoms with E-state index in [1.54, 1.807) is 24.1 Å². The minimum Gasteiger partial charge on any atom is -0.357 e. The first-order valence-corrected chi connectivity index (χ1v) is 11.7. The van der Waals surface area contributed by atoms with E-state index in [1.807, 2.05) is 73.9 Å². The molecule has 0 bridgehead atoms. The van der Waals surface area contributed by atoms with Gasteiger partial charge >= 0.3 is 0 Å². The van der Waals surface area contributed by atoms with Crippen molar-refractivity contribution in [2.45, 2.75) is 39.9 Å². The molecule has 0 radical (unpaired) electrons. The third kappa shape index (κ3) is 4.96. The number of likely N-dealkylation sites (N-methyl/N-ethyl adjacent to an activating group) is 1. The zero-order valence-electron chi connectivity index (χ0n) is 20.5. The lowest BCUT2D eigenvalue weighted by molar-refractivity contribution is -0.124.